The van der Waals surface area contributed by atoms with Gasteiger partial charge in [0.2, 0.25) is 5.95 Å². The average Bonchev–Trinajstić information content (AvgIpc) is 3.09. The number of ether oxygens (including phenoxy) is 1. The largest absolute Gasteiger partial charge is 0.457 e. The van der Waals surface area contributed by atoms with Crippen LogP contribution in [0.4, 0.5) is 16.0 Å². The number of amides is 1. The lowest BCUT2D eigenvalue weighted by Crippen LogP contribution is -2.27. The number of nitrogens with one attached hydrogen (secondary N) is 2. The Kier molecular flexibility index (Phi) is 6.20. The van der Waals surface area contributed by atoms with Crippen LogP contribution < -0.4 is 15.4 Å². The topological polar surface area (TPSA) is 101 Å². The third-order valence-corrected chi connectivity index (χ3v) is 4.91. The van der Waals surface area contributed by atoms with E-state index >= 15 is 0 Å². The Balaban J connectivity index is 1.55. The number of imidazole rings is 1. The molecule has 0 spiro atoms. The number of fused-ring (bicyclic) bond motifs is 1. The quantitative estimate of drug-likeness (QED) is 0.389. The fourth-order valence-electron chi connectivity index (χ4n) is 3.05. The lowest BCUT2D eigenvalue weighted by Gasteiger charge is -2.08. The van der Waals surface area contributed by atoms with E-state index in [4.69, 9.17) is 21.4 Å². The standard InChI is InChI=1S/C22H19ClFN5O3/c1-29-20-5-3-14(32-15-6-7-25-19(12-15)21(31)26-8-9-30)11-18(20)28-22(29)27-13-2-4-17(24)16(23)10-13/h2-7,10-12,30H,8-9H2,1H3,(H,26,31)(H,27,28). The Morgan fingerprint density at radius 1 is 1.19 bits per heavy atom. The Morgan fingerprint density at radius 3 is 2.78 bits per heavy atom. The van der Waals surface area contributed by atoms with Crippen LogP contribution in [0.5, 0.6) is 11.5 Å². The first-order valence-electron chi connectivity index (χ1n) is 9.66. The molecule has 0 saturated carbocycles. The maximum Gasteiger partial charge on any atom is 0.270 e. The summed E-state index contributed by atoms with van der Waals surface area (Å²) in [6, 6.07) is 12.9. The number of hydrogen-bond donors (Lipinski definition) is 3. The van der Waals surface area contributed by atoms with E-state index in [1.807, 2.05) is 17.7 Å². The van der Waals surface area contributed by atoms with Gasteiger partial charge in [0.25, 0.3) is 5.91 Å². The van der Waals surface area contributed by atoms with E-state index in [0.29, 0.717) is 28.7 Å². The fraction of sp³-hybridized carbons (Fsp3) is 0.136. The lowest BCUT2D eigenvalue weighted by molar-refractivity contribution is 0.0939. The number of aryl methyl sites for hydroxylation is 1. The highest BCUT2D eigenvalue weighted by molar-refractivity contribution is 6.31. The molecule has 2 aromatic heterocycles. The highest BCUT2D eigenvalue weighted by Gasteiger charge is 2.12. The third kappa shape index (κ3) is 4.63. The van der Waals surface area contributed by atoms with Gasteiger partial charge in [0.1, 0.15) is 23.0 Å². The summed E-state index contributed by atoms with van der Waals surface area (Å²) in [6.45, 7) is -0.0144. The summed E-state index contributed by atoms with van der Waals surface area (Å²) < 4.78 is 21.1. The second kappa shape index (κ2) is 9.21. The normalized spacial score (nSPS) is 10.9. The minimum absolute atomic E-state index is 0.0196. The molecule has 0 fully saturated rings. The predicted octanol–water partition coefficient (Wildman–Crippen LogP) is 4.02. The van der Waals surface area contributed by atoms with E-state index in [1.54, 1.807) is 24.3 Å². The number of pyridine rings is 1. The summed E-state index contributed by atoms with van der Waals surface area (Å²) in [4.78, 5) is 20.6. The van der Waals surface area contributed by atoms with Crippen LogP contribution in [0, 0.1) is 5.82 Å². The molecule has 4 rings (SSSR count). The molecule has 0 atom stereocenters. The van der Waals surface area contributed by atoms with Crippen molar-refractivity contribution in [3.8, 4) is 11.5 Å². The molecule has 32 heavy (non-hydrogen) atoms. The van der Waals surface area contributed by atoms with E-state index < -0.39 is 11.7 Å². The monoisotopic (exact) mass is 455 g/mol. The van der Waals surface area contributed by atoms with Crippen molar-refractivity contribution >= 4 is 40.2 Å². The van der Waals surface area contributed by atoms with Gasteiger partial charge in [-0.3, -0.25) is 9.78 Å². The number of anilines is 2. The van der Waals surface area contributed by atoms with E-state index in [0.717, 1.165) is 5.52 Å². The van der Waals surface area contributed by atoms with Gasteiger partial charge in [-0.05, 0) is 36.4 Å². The first kappa shape index (κ1) is 21.5. The highest BCUT2D eigenvalue weighted by Crippen LogP contribution is 2.29. The number of hydrogen-bond acceptors (Lipinski definition) is 6. The molecule has 3 N–H and O–H groups in total. The van der Waals surface area contributed by atoms with Crippen LogP contribution in [0.2, 0.25) is 5.02 Å². The minimum atomic E-state index is -0.492. The Labute approximate surface area is 187 Å². The number of benzene rings is 2. The molecule has 164 valence electrons. The first-order chi connectivity index (χ1) is 15.4. The van der Waals surface area contributed by atoms with Gasteiger partial charge in [-0.15, -0.1) is 0 Å². The van der Waals surface area contributed by atoms with Crippen molar-refractivity contribution in [2.24, 2.45) is 7.05 Å². The number of carbonyl (C=O) groups is 1. The zero-order chi connectivity index (χ0) is 22.7. The smallest absolute Gasteiger partial charge is 0.270 e. The third-order valence-electron chi connectivity index (χ3n) is 4.63. The molecular weight excluding hydrogens is 437 g/mol. The number of halogens is 2. The molecule has 2 aromatic carbocycles. The second-order valence-corrected chi connectivity index (χ2v) is 7.26. The summed E-state index contributed by atoms with van der Waals surface area (Å²) in [7, 11) is 1.85. The molecule has 4 aromatic rings. The van der Waals surface area contributed by atoms with Crippen LogP contribution in [0.15, 0.2) is 54.7 Å². The maximum absolute atomic E-state index is 13.4. The Hall–Kier alpha value is -3.69. The van der Waals surface area contributed by atoms with Gasteiger partial charge in [0, 0.05) is 37.6 Å². The molecule has 0 aliphatic heterocycles. The highest BCUT2D eigenvalue weighted by atomic mass is 35.5. The summed E-state index contributed by atoms with van der Waals surface area (Å²) in [5.74, 6) is 0.616. The molecule has 0 saturated heterocycles. The Morgan fingerprint density at radius 2 is 2.00 bits per heavy atom. The van der Waals surface area contributed by atoms with Crippen LogP contribution in [0.25, 0.3) is 11.0 Å². The van der Waals surface area contributed by atoms with Crippen molar-refractivity contribution < 1.29 is 19.0 Å². The summed E-state index contributed by atoms with van der Waals surface area (Å²) in [5, 5.41) is 14.5. The van der Waals surface area contributed by atoms with Crippen molar-refractivity contribution in [1.82, 2.24) is 19.9 Å². The van der Waals surface area contributed by atoms with Gasteiger partial charge in [0.05, 0.1) is 22.7 Å². The molecular formula is C22H19ClFN5O3. The number of aliphatic hydroxyl groups is 1. The van der Waals surface area contributed by atoms with E-state index in [1.165, 1.54) is 24.4 Å². The van der Waals surface area contributed by atoms with E-state index in [2.05, 4.69) is 20.6 Å². The number of rotatable bonds is 7. The van der Waals surface area contributed by atoms with Crippen molar-refractivity contribution in [2.45, 2.75) is 0 Å². The van der Waals surface area contributed by atoms with Gasteiger partial charge < -0.3 is 25.0 Å². The SMILES string of the molecule is Cn1c(Nc2ccc(F)c(Cl)c2)nc2cc(Oc3ccnc(C(=O)NCCO)c3)ccc21. The first-order valence-corrected chi connectivity index (χ1v) is 10.0. The van der Waals surface area contributed by atoms with E-state index in [-0.39, 0.29) is 23.9 Å². The van der Waals surface area contributed by atoms with Crippen LogP contribution >= 0.6 is 11.6 Å². The predicted molar refractivity (Wildman–Crippen MR) is 119 cm³/mol. The molecule has 0 aliphatic rings. The van der Waals surface area contributed by atoms with Crippen LogP contribution in [-0.4, -0.2) is 38.7 Å². The zero-order valence-corrected chi connectivity index (χ0v) is 17.7. The second-order valence-electron chi connectivity index (χ2n) is 6.86. The molecule has 0 radical (unpaired) electrons. The van der Waals surface area contributed by atoms with Gasteiger partial charge >= 0.3 is 0 Å². The number of nitrogens with zero attached hydrogens (tertiary/aromatic N) is 3. The molecule has 1 amide bonds. The lowest BCUT2D eigenvalue weighted by atomic mass is 10.3. The summed E-state index contributed by atoms with van der Waals surface area (Å²) >= 11 is 5.85. The Bertz CT molecular complexity index is 1290. The molecule has 0 bridgehead atoms. The van der Waals surface area contributed by atoms with Crippen molar-refractivity contribution in [2.75, 3.05) is 18.5 Å². The molecule has 10 heteroatoms. The fourth-order valence-corrected chi connectivity index (χ4v) is 3.23. The van der Waals surface area contributed by atoms with Gasteiger partial charge in [-0.2, -0.15) is 0 Å². The van der Waals surface area contributed by atoms with Crippen molar-refractivity contribution in [1.29, 1.82) is 0 Å². The van der Waals surface area contributed by atoms with Gasteiger partial charge in [-0.25, -0.2) is 9.37 Å². The minimum Gasteiger partial charge on any atom is -0.457 e. The van der Waals surface area contributed by atoms with Crippen LogP contribution in [0.1, 0.15) is 10.5 Å². The average molecular weight is 456 g/mol. The molecule has 0 unspecified atom stereocenters. The van der Waals surface area contributed by atoms with E-state index in [9.17, 15) is 9.18 Å². The summed E-state index contributed by atoms with van der Waals surface area (Å²) in [5.41, 5.74) is 2.32. The van der Waals surface area contributed by atoms with Gasteiger partial charge in [-0.1, -0.05) is 11.6 Å². The zero-order valence-electron chi connectivity index (χ0n) is 17.0. The maximum atomic E-state index is 13.4. The van der Waals surface area contributed by atoms with Crippen molar-refractivity contribution in [3.05, 3.63) is 71.3 Å². The number of aromatic nitrogens is 3. The van der Waals surface area contributed by atoms with Gasteiger partial charge in [0.15, 0.2) is 0 Å². The van der Waals surface area contributed by atoms with Crippen molar-refractivity contribution in [3.63, 3.8) is 0 Å². The molecule has 0 aliphatic carbocycles. The van der Waals surface area contributed by atoms with Crippen LogP contribution in [0.3, 0.4) is 0 Å². The summed E-state index contributed by atoms with van der Waals surface area (Å²) in [6.07, 6.45) is 1.47. The molecule has 2 heterocycles. The van der Waals surface area contributed by atoms with Crippen LogP contribution in [-0.2, 0) is 7.05 Å². The number of carbonyl (C=O) groups excluding carboxylic acids is 1. The number of aliphatic hydroxyl groups excluding tert-OH is 1. The molecule has 8 nitrogen and oxygen atoms in total.